The fraction of sp³-hybridized carbons (Fsp3) is 0. The van der Waals surface area contributed by atoms with Gasteiger partial charge >= 0.3 is 35.4 Å². The van der Waals surface area contributed by atoms with Gasteiger partial charge in [-0.05, 0) is 0 Å². The third-order valence-corrected chi connectivity index (χ3v) is 0. The van der Waals surface area contributed by atoms with Gasteiger partial charge in [0.2, 0.25) is 0 Å². The molecular formula is F12NiP4. The summed E-state index contributed by atoms with van der Waals surface area (Å²) >= 11 is 0. The largest absolute Gasteiger partial charge is 0.456 e. The Morgan fingerprint density at radius 3 is 0.294 bits per heavy atom. The van der Waals surface area contributed by atoms with E-state index in [1.54, 1.807) is 0 Å². The van der Waals surface area contributed by atoms with E-state index in [1.165, 1.54) is 0 Å². The van der Waals surface area contributed by atoms with Crippen LogP contribution in [0, 0.1) is 0 Å². The van der Waals surface area contributed by atoms with Crippen molar-refractivity contribution in [3.8, 4) is 0 Å². The Kier molecular flexibility index (Phi) is 47.5. The van der Waals surface area contributed by atoms with Gasteiger partial charge in [-0.2, -0.15) is 50.4 Å². The van der Waals surface area contributed by atoms with E-state index in [0.29, 0.717) is 0 Å². The predicted octanol–water partition coefficient (Wildman–Crippen LogP) is 8.48. The van der Waals surface area contributed by atoms with E-state index in [1.807, 2.05) is 0 Å². The Hall–Kier alpha value is 1.37. The zero-order chi connectivity index (χ0) is 14.3. The maximum atomic E-state index is 9.73. The molecule has 0 spiro atoms. The maximum absolute atomic E-state index is 9.73. The summed E-state index contributed by atoms with van der Waals surface area (Å²) in [5, 5.41) is 0. The van der Waals surface area contributed by atoms with Crippen molar-refractivity contribution >= 4 is 35.4 Å². The maximum Gasteiger partial charge on any atom is 0.456 e. The van der Waals surface area contributed by atoms with E-state index in [4.69, 9.17) is 0 Å². The second-order valence-corrected chi connectivity index (χ2v) is 2.30. The molecule has 0 heterocycles. The molecular weight excluding hydrogens is 411 g/mol. The molecule has 0 aromatic rings. The van der Waals surface area contributed by atoms with E-state index in [0.717, 1.165) is 0 Å². The van der Waals surface area contributed by atoms with Gasteiger partial charge in [-0.3, -0.25) is 0 Å². The van der Waals surface area contributed by atoms with Crippen molar-refractivity contribution in [1.82, 2.24) is 0 Å². The molecule has 0 aliphatic rings. The van der Waals surface area contributed by atoms with Gasteiger partial charge in [-0.25, -0.2) is 0 Å². The van der Waals surface area contributed by atoms with E-state index in [9.17, 15) is 50.4 Å². The van der Waals surface area contributed by atoms with Gasteiger partial charge in [0.1, 0.15) is 0 Å². The first-order chi connectivity index (χ1) is 6.93. The Morgan fingerprint density at radius 2 is 0.294 bits per heavy atom. The van der Waals surface area contributed by atoms with Gasteiger partial charge in [0.05, 0.1) is 0 Å². The number of hydrogen-bond acceptors (Lipinski definition) is 0. The zero-order valence-electron chi connectivity index (χ0n) is 6.64. The van der Waals surface area contributed by atoms with Crippen molar-refractivity contribution in [3.05, 3.63) is 0 Å². The predicted molar refractivity (Wildman–Crippen MR) is 41.0 cm³/mol. The van der Waals surface area contributed by atoms with Crippen molar-refractivity contribution in [2.24, 2.45) is 0 Å². The quantitative estimate of drug-likeness (QED) is 0.213. The fourth-order valence-electron chi connectivity index (χ4n) is 0. The molecule has 0 bridgehead atoms. The Morgan fingerprint density at radius 1 is 0.294 bits per heavy atom. The third-order valence-electron chi connectivity index (χ3n) is 0. The molecule has 114 valence electrons. The summed E-state index contributed by atoms with van der Waals surface area (Å²) in [5.74, 6) is 0. The molecule has 17 heavy (non-hydrogen) atoms. The van der Waals surface area contributed by atoms with Gasteiger partial charge in [0, 0.05) is 16.5 Å². The molecule has 0 atom stereocenters. The van der Waals surface area contributed by atoms with Crippen molar-refractivity contribution in [2.45, 2.75) is 0 Å². The summed E-state index contributed by atoms with van der Waals surface area (Å²) < 4.78 is 117. The zero-order valence-corrected chi connectivity index (χ0v) is 11.2. The second-order valence-electron chi connectivity index (χ2n) is 0.767. The molecule has 0 aromatic carbocycles. The first-order valence-corrected chi connectivity index (χ1v) is 6.09. The summed E-state index contributed by atoms with van der Waals surface area (Å²) in [6.45, 7) is 0. The summed E-state index contributed by atoms with van der Waals surface area (Å²) in [6.07, 6.45) is 0. The van der Waals surface area contributed by atoms with E-state index >= 15 is 0 Å². The Bertz CT molecular complexity index is 61.5. The second kappa shape index (κ2) is 26.0. The van der Waals surface area contributed by atoms with Gasteiger partial charge in [0.25, 0.3) is 0 Å². The number of halogens is 12. The molecule has 0 aliphatic carbocycles. The summed E-state index contributed by atoms with van der Waals surface area (Å²) in [7, 11) is -16.5. The van der Waals surface area contributed by atoms with E-state index in [-0.39, 0.29) is 16.5 Å². The molecule has 0 unspecified atom stereocenters. The minimum absolute atomic E-state index is 0. The third kappa shape index (κ3) is 2180. The van der Waals surface area contributed by atoms with Crippen LogP contribution in [0.25, 0.3) is 0 Å². The van der Waals surface area contributed by atoms with E-state index < -0.39 is 35.4 Å². The van der Waals surface area contributed by atoms with Crippen LogP contribution < -0.4 is 0 Å². The van der Waals surface area contributed by atoms with Crippen LogP contribution >= 0.6 is 35.4 Å². The van der Waals surface area contributed by atoms with Crippen LogP contribution in [0.2, 0.25) is 0 Å². The van der Waals surface area contributed by atoms with Crippen LogP contribution in [0.1, 0.15) is 0 Å². The summed E-state index contributed by atoms with van der Waals surface area (Å²) in [6, 6.07) is 0. The molecule has 0 nitrogen and oxygen atoms in total. The molecule has 0 fully saturated rings. The minimum atomic E-state index is -4.12. The van der Waals surface area contributed by atoms with Gasteiger partial charge < -0.3 is 0 Å². The number of hydrogen-bond donors (Lipinski definition) is 0. The monoisotopic (exact) mass is 410 g/mol. The first kappa shape index (κ1) is 31.0. The fourth-order valence-corrected chi connectivity index (χ4v) is 0. The molecule has 0 aliphatic heterocycles. The number of rotatable bonds is 0. The van der Waals surface area contributed by atoms with Crippen LogP contribution in [-0.2, 0) is 16.5 Å². The molecule has 0 rings (SSSR count). The summed E-state index contributed by atoms with van der Waals surface area (Å²) in [4.78, 5) is 0. The van der Waals surface area contributed by atoms with E-state index in [2.05, 4.69) is 0 Å². The molecule has 0 N–H and O–H groups in total. The molecule has 0 radical (unpaired) electrons. The normalized spacial score (nSPS) is 8.47. The molecule has 0 saturated carbocycles. The van der Waals surface area contributed by atoms with Gasteiger partial charge in [0.15, 0.2) is 0 Å². The van der Waals surface area contributed by atoms with Crippen LogP contribution in [0.5, 0.6) is 0 Å². The Balaban J connectivity index is -0.0000000369. The van der Waals surface area contributed by atoms with Gasteiger partial charge in [-0.15, -0.1) is 0 Å². The SMILES string of the molecule is FP(F)F.FP(F)F.FP(F)F.FP(F)F.[Ni]. The standard InChI is InChI=1S/4F3P.Ni/c4*1-4(2)3;. The van der Waals surface area contributed by atoms with Crippen molar-refractivity contribution in [1.29, 1.82) is 0 Å². The van der Waals surface area contributed by atoms with Gasteiger partial charge in [-0.1, -0.05) is 0 Å². The topological polar surface area (TPSA) is 0 Å². The average Bonchev–Trinajstić information content (AvgIpc) is 1.76. The van der Waals surface area contributed by atoms with Crippen molar-refractivity contribution in [2.75, 3.05) is 0 Å². The average molecular weight is 411 g/mol. The first-order valence-electron chi connectivity index (χ1n) is 2.03. The summed E-state index contributed by atoms with van der Waals surface area (Å²) in [5.41, 5.74) is 0. The molecule has 0 saturated heterocycles. The van der Waals surface area contributed by atoms with Crippen molar-refractivity contribution < 1.29 is 66.9 Å². The van der Waals surface area contributed by atoms with Crippen LogP contribution in [0.15, 0.2) is 0 Å². The molecule has 0 aromatic heterocycles. The molecule has 0 amide bonds. The van der Waals surface area contributed by atoms with Crippen LogP contribution in [0.4, 0.5) is 50.4 Å². The van der Waals surface area contributed by atoms with Crippen LogP contribution in [0.3, 0.4) is 0 Å². The smallest absolute Gasteiger partial charge is 0.152 e. The minimum Gasteiger partial charge on any atom is -0.152 e. The Labute approximate surface area is 103 Å². The van der Waals surface area contributed by atoms with Crippen LogP contribution in [-0.4, -0.2) is 0 Å². The van der Waals surface area contributed by atoms with Crippen molar-refractivity contribution in [3.63, 3.8) is 0 Å². The molecule has 17 heteroatoms.